The van der Waals surface area contributed by atoms with Gasteiger partial charge in [0.25, 0.3) is 0 Å². The van der Waals surface area contributed by atoms with Crippen molar-refractivity contribution in [3.63, 3.8) is 0 Å². The molecule has 0 saturated heterocycles. The van der Waals surface area contributed by atoms with Crippen LogP contribution in [0.15, 0.2) is 10.7 Å². The van der Waals surface area contributed by atoms with Crippen molar-refractivity contribution in [1.82, 2.24) is 9.78 Å². The highest BCUT2D eigenvalue weighted by Crippen LogP contribution is 2.18. The van der Waals surface area contributed by atoms with E-state index in [4.69, 9.17) is 16.7 Å². The smallest absolute Gasteiger partial charge is 0.172 e. The van der Waals surface area contributed by atoms with E-state index in [0.29, 0.717) is 5.69 Å². The standard InChI is InChI=1S/C5H6BrClN2O/c1-9-4(6)2-3(8-9)5(7)10/h2,5,10H,1H3. The maximum Gasteiger partial charge on any atom is 0.172 e. The lowest BCUT2D eigenvalue weighted by molar-refractivity contribution is 0.256. The third-order valence-corrected chi connectivity index (χ3v) is 2.05. The number of hydrogen-bond acceptors (Lipinski definition) is 2. The van der Waals surface area contributed by atoms with Crippen LogP contribution in [0.1, 0.15) is 11.3 Å². The van der Waals surface area contributed by atoms with E-state index < -0.39 is 5.56 Å². The van der Waals surface area contributed by atoms with Gasteiger partial charge < -0.3 is 5.11 Å². The molecule has 1 rings (SSSR count). The van der Waals surface area contributed by atoms with Crippen molar-refractivity contribution in [2.24, 2.45) is 7.05 Å². The Balaban J connectivity index is 2.98. The first-order chi connectivity index (χ1) is 4.61. The first-order valence-corrected chi connectivity index (χ1v) is 3.86. The lowest BCUT2D eigenvalue weighted by atomic mass is 10.5. The van der Waals surface area contributed by atoms with Crippen LogP contribution in [-0.2, 0) is 7.05 Å². The highest BCUT2D eigenvalue weighted by atomic mass is 79.9. The molecule has 0 aliphatic rings. The molecular formula is C5H6BrClN2O. The Morgan fingerprint density at radius 2 is 2.50 bits per heavy atom. The van der Waals surface area contributed by atoms with Gasteiger partial charge >= 0.3 is 0 Å². The normalized spacial score (nSPS) is 13.6. The number of halogens is 2. The predicted octanol–water partition coefficient (Wildman–Crippen LogP) is 1.41. The Hall–Kier alpha value is -0.0600. The third kappa shape index (κ3) is 1.51. The maximum absolute atomic E-state index is 8.83. The maximum atomic E-state index is 8.83. The van der Waals surface area contributed by atoms with E-state index in [0.717, 1.165) is 4.60 Å². The van der Waals surface area contributed by atoms with Crippen LogP contribution >= 0.6 is 27.5 Å². The summed E-state index contributed by atoms with van der Waals surface area (Å²) < 4.78 is 2.38. The number of rotatable bonds is 1. The minimum atomic E-state index is -1.02. The van der Waals surface area contributed by atoms with Gasteiger partial charge in [-0.1, -0.05) is 11.6 Å². The summed E-state index contributed by atoms with van der Waals surface area (Å²) in [5, 5.41) is 12.7. The van der Waals surface area contributed by atoms with Gasteiger partial charge in [-0.15, -0.1) is 0 Å². The SMILES string of the molecule is Cn1nc(C(O)Cl)cc1Br. The summed E-state index contributed by atoms with van der Waals surface area (Å²) in [5.74, 6) is 0. The zero-order chi connectivity index (χ0) is 7.72. The summed E-state index contributed by atoms with van der Waals surface area (Å²) in [4.78, 5) is 0. The van der Waals surface area contributed by atoms with Crippen LogP contribution in [0.2, 0.25) is 0 Å². The molecule has 0 spiro atoms. The second kappa shape index (κ2) is 2.90. The van der Waals surface area contributed by atoms with Crippen LogP contribution < -0.4 is 0 Å². The zero-order valence-corrected chi connectivity index (χ0v) is 7.59. The molecule has 0 bridgehead atoms. The Morgan fingerprint density at radius 3 is 2.70 bits per heavy atom. The summed E-state index contributed by atoms with van der Waals surface area (Å²) >= 11 is 8.56. The Kier molecular flexibility index (Phi) is 2.33. The van der Waals surface area contributed by atoms with Crippen molar-refractivity contribution < 1.29 is 5.11 Å². The van der Waals surface area contributed by atoms with Crippen LogP contribution in [0.25, 0.3) is 0 Å². The summed E-state index contributed by atoms with van der Waals surface area (Å²) in [5.41, 5.74) is -0.562. The average Bonchev–Trinajstić information content (AvgIpc) is 2.13. The molecule has 0 aliphatic heterocycles. The van der Waals surface area contributed by atoms with Gasteiger partial charge in [-0.2, -0.15) is 5.10 Å². The molecular weight excluding hydrogens is 219 g/mol. The molecule has 0 fully saturated rings. The van der Waals surface area contributed by atoms with Crippen LogP contribution in [0.5, 0.6) is 0 Å². The number of alkyl halides is 1. The molecule has 1 unspecified atom stereocenters. The second-order valence-electron chi connectivity index (χ2n) is 1.85. The molecule has 56 valence electrons. The summed E-state index contributed by atoms with van der Waals surface area (Å²) in [6, 6.07) is 1.66. The van der Waals surface area contributed by atoms with Crippen molar-refractivity contribution in [1.29, 1.82) is 0 Å². The summed E-state index contributed by atoms with van der Waals surface area (Å²) in [6.07, 6.45) is 0. The predicted molar refractivity (Wildman–Crippen MR) is 41.7 cm³/mol. The van der Waals surface area contributed by atoms with E-state index in [9.17, 15) is 0 Å². The van der Waals surface area contributed by atoms with Gasteiger partial charge in [-0.3, -0.25) is 4.68 Å². The second-order valence-corrected chi connectivity index (χ2v) is 3.08. The van der Waals surface area contributed by atoms with Gasteiger partial charge in [0, 0.05) is 7.05 Å². The lowest BCUT2D eigenvalue weighted by Gasteiger charge is -1.92. The van der Waals surface area contributed by atoms with Crippen LogP contribution in [0.3, 0.4) is 0 Å². The Bertz CT molecular complexity index is 216. The van der Waals surface area contributed by atoms with Gasteiger partial charge in [0.1, 0.15) is 10.3 Å². The minimum absolute atomic E-state index is 0.455. The first kappa shape index (κ1) is 8.04. The number of aryl methyl sites for hydroxylation is 1. The van der Waals surface area contributed by atoms with E-state index in [2.05, 4.69) is 21.0 Å². The molecule has 1 aromatic heterocycles. The van der Waals surface area contributed by atoms with Crippen molar-refractivity contribution in [3.05, 3.63) is 16.4 Å². The van der Waals surface area contributed by atoms with Crippen molar-refractivity contribution in [3.8, 4) is 0 Å². The fourth-order valence-corrected chi connectivity index (χ4v) is 1.00. The highest BCUT2D eigenvalue weighted by Gasteiger charge is 2.08. The number of aromatic nitrogens is 2. The number of nitrogens with zero attached hydrogens (tertiary/aromatic N) is 2. The van der Waals surface area contributed by atoms with Crippen molar-refractivity contribution >= 4 is 27.5 Å². The highest BCUT2D eigenvalue weighted by molar-refractivity contribution is 9.10. The first-order valence-electron chi connectivity index (χ1n) is 2.63. The van der Waals surface area contributed by atoms with Crippen molar-refractivity contribution in [2.75, 3.05) is 0 Å². The molecule has 10 heavy (non-hydrogen) atoms. The van der Waals surface area contributed by atoms with Gasteiger partial charge in [-0.05, 0) is 22.0 Å². The molecule has 5 heteroatoms. The van der Waals surface area contributed by atoms with E-state index in [1.165, 1.54) is 0 Å². The number of aliphatic hydroxyl groups is 1. The molecule has 1 aromatic rings. The molecule has 0 aromatic carbocycles. The number of hydrogen-bond donors (Lipinski definition) is 1. The lowest BCUT2D eigenvalue weighted by Crippen LogP contribution is -1.93. The summed E-state index contributed by atoms with van der Waals surface area (Å²) in [7, 11) is 1.76. The summed E-state index contributed by atoms with van der Waals surface area (Å²) in [6.45, 7) is 0. The van der Waals surface area contributed by atoms with Gasteiger partial charge in [-0.25, -0.2) is 0 Å². The fourth-order valence-electron chi connectivity index (χ4n) is 0.582. The van der Waals surface area contributed by atoms with Crippen LogP contribution in [-0.4, -0.2) is 14.9 Å². The van der Waals surface area contributed by atoms with Gasteiger partial charge in [0.05, 0.1) is 0 Å². The molecule has 1 heterocycles. The van der Waals surface area contributed by atoms with E-state index >= 15 is 0 Å². The third-order valence-electron chi connectivity index (χ3n) is 1.09. The zero-order valence-electron chi connectivity index (χ0n) is 5.25. The van der Waals surface area contributed by atoms with Crippen LogP contribution in [0.4, 0.5) is 0 Å². The van der Waals surface area contributed by atoms with Gasteiger partial charge in [0.15, 0.2) is 5.56 Å². The molecule has 0 aliphatic carbocycles. The van der Waals surface area contributed by atoms with Crippen LogP contribution in [0, 0.1) is 0 Å². The fraction of sp³-hybridized carbons (Fsp3) is 0.400. The number of aliphatic hydroxyl groups excluding tert-OH is 1. The quantitative estimate of drug-likeness (QED) is 0.734. The molecule has 1 N–H and O–H groups in total. The van der Waals surface area contributed by atoms with E-state index in [-0.39, 0.29) is 0 Å². The van der Waals surface area contributed by atoms with E-state index in [1.807, 2.05) is 0 Å². The molecule has 0 saturated carbocycles. The Labute approximate surface area is 71.7 Å². The molecule has 0 radical (unpaired) electrons. The average molecular weight is 225 g/mol. The molecule has 1 atom stereocenters. The largest absolute Gasteiger partial charge is 0.372 e. The minimum Gasteiger partial charge on any atom is -0.372 e. The molecule has 3 nitrogen and oxygen atoms in total. The Morgan fingerprint density at radius 1 is 1.90 bits per heavy atom. The van der Waals surface area contributed by atoms with E-state index in [1.54, 1.807) is 17.8 Å². The van der Waals surface area contributed by atoms with Crippen molar-refractivity contribution in [2.45, 2.75) is 5.56 Å². The van der Waals surface area contributed by atoms with Gasteiger partial charge in [0.2, 0.25) is 0 Å². The topological polar surface area (TPSA) is 38.0 Å². The molecule has 0 amide bonds. The monoisotopic (exact) mass is 224 g/mol.